The van der Waals surface area contributed by atoms with Crippen LogP contribution >= 0.6 is 11.8 Å². The largest absolute Gasteiger partial charge is 0.330 e. The van der Waals surface area contributed by atoms with E-state index in [-0.39, 0.29) is 12.1 Å². The number of benzene rings is 1. The van der Waals surface area contributed by atoms with Gasteiger partial charge in [0.1, 0.15) is 0 Å². The molecule has 0 fully saturated rings. The Labute approximate surface area is 120 Å². The van der Waals surface area contributed by atoms with Crippen LogP contribution in [0.5, 0.6) is 0 Å². The predicted molar refractivity (Wildman–Crippen MR) is 80.1 cm³/mol. The highest BCUT2D eigenvalue weighted by Gasteiger charge is 2.14. The SMILES string of the molecule is C#CCn1c(Sc2ccccc2)c(CC)c(=O)[nH]c1=O. The smallest absolute Gasteiger partial charge is 0.276 e. The van der Waals surface area contributed by atoms with Gasteiger partial charge in [-0.1, -0.05) is 42.8 Å². The standard InChI is InChI=1S/C15H14N2O2S/c1-3-10-17-14(20-11-8-6-5-7-9-11)12(4-2)13(18)16-15(17)19/h1,5-9H,4,10H2,2H3,(H,16,18,19). The lowest BCUT2D eigenvalue weighted by molar-refractivity contribution is 0.655. The number of terminal acetylenes is 1. The van der Waals surface area contributed by atoms with Crippen molar-refractivity contribution in [3.63, 3.8) is 0 Å². The molecule has 2 rings (SSSR count). The fraction of sp³-hybridized carbons (Fsp3) is 0.200. The number of H-pyrrole nitrogens is 1. The van der Waals surface area contributed by atoms with Crippen molar-refractivity contribution >= 4 is 11.8 Å². The maximum Gasteiger partial charge on any atom is 0.330 e. The molecule has 0 aliphatic heterocycles. The summed E-state index contributed by atoms with van der Waals surface area (Å²) in [5.74, 6) is 2.45. The second kappa shape index (κ2) is 6.31. The lowest BCUT2D eigenvalue weighted by Gasteiger charge is -2.12. The maximum absolute atomic E-state index is 11.9. The molecule has 1 N–H and O–H groups in total. The molecule has 2 aromatic rings. The normalized spacial score (nSPS) is 10.2. The highest BCUT2D eigenvalue weighted by Crippen LogP contribution is 2.28. The Morgan fingerprint density at radius 3 is 2.60 bits per heavy atom. The highest BCUT2D eigenvalue weighted by atomic mass is 32.2. The first kappa shape index (κ1) is 14.2. The topological polar surface area (TPSA) is 54.9 Å². The van der Waals surface area contributed by atoms with Crippen LogP contribution in [0.15, 0.2) is 49.8 Å². The van der Waals surface area contributed by atoms with Crippen molar-refractivity contribution in [3.8, 4) is 12.3 Å². The number of rotatable bonds is 4. The first-order chi connectivity index (χ1) is 9.67. The van der Waals surface area contributed by atoms with Gasteiger partial charge in [-0.25, -0.2) is 4.79 Å². The van der Waals surface area contributed by atoms with E-state index in [0.717, 1.165) is 4.90 Å². The molecule has 0 amide bonds. The van der Waals surface area contributed by atoms with Gasteiger partial charge in [0, 0.05) is 10.5 Å². The molecule has 102 valence electrons. The van der Waals surface area contributed by atoms with Crippen LogP contribution in [0.4, 0.5) is 0 Å². The van der Waals surface area contributed by atoms with Crippen LogP contribution in [-0.4, -0.2) is 9.55 Å². The molecular weight excluding hydrogens is 272 g/mol. The van der Waals surface area contributed by atoms with Gasteiger partial charge in [-0.2, -0.15) is 0 Å². The number of nitrogens with zero attached hydrogens (tertiary/aromatic N) is 1. The van der Waals surface area contributed by atoms with Crippen LogP contribution in [0.2, 0.25) is 0 Å². The molecule has 0 unspecified atom stereocenters. The zero-order chi connectivity index (χ0) is 14.5. The molecule has 0 spiro atoms. The molecule has 5 heteroatoms. The molecule has 0 saturated carbocycles. The Kier molecular flexibility index (Phi) is 4.49. The van der Waals surface area contributed by atoms with Crippen LogP contribution < -0.4 is 11.2 Å². The van der Waals surface area contributed by atoms with Gasteiger partial charge in [0.2, 0.25) is 0 Å². The van der Waals surface area contributed by atoms with Crippen molar-refractivity contribution in [2.45, 2.75) is 29.8 Å². The molecule has 20 heavy (non-hydrogen) atoms. The van der Waals surface area contributed by atoms with E-state index in [1.807, 2.05) is 37.3 Å². The predicted octanol–water partition coefficient (Wildman–Crippen LogP) is 1.88. The van der Waals surface area contributed by atoms with E-state index in [9.17, 15) is 9.59 Å². The number of nitrogens with one attached hydrogen (secondary N) is 1. The summed E-state index contributed by atoms with van der Waals surface area (Å²) in [7, 11) is 0. The van der Waals surface area contributed by atoms with E-state index in [2.05, 4.69) is 10.9 Å². The summed E-state index contributed by atoms with van der Waals surface area (Å²) in [6, 6.07) is 9.58. The number of aromatic amines is 1. The summed E-state index contributed by atoms with van der Waals surface area (Å²) in [6.45, 7) is 2.02. The monoisotopic (exact) mass is 286 g/mol. The van der Waals surface area contributed by atoms with Crippen LogP contribution in [0.1, 0.15) is 12.5 Å². The molecule has 4 nitrogen and oxygen atoms in total. The molecule has 0 bridgehead atoms. The van der Waals surface area contributed by atoms with E-state index in [1.165, 1.54) is 16.3 Å². The Balaban J connectivity index is 2.62. The van der Waals surface area contributed by atoms with Gasteiger partial charge in [0.15, 0.2) is 0 Å². The lowest BCUT2D eigenvalue weighted by atomic mass is 10.2. The Morgan fingerprint density at radius 2 is 2.00 bits per heavy atom. The molecule has 0 atom stereocenters. The van der Waals surface area contributed by atoms with Gasteiger partial charge >= 0.3 is 5.69 Å². The van der Waals surface area contributed by atoms with Gasteiger partial charge in [0.25, 0.3) is 5.56 Å². The summed E-state index contributed by atoms with van der Waals surface area (Å²) in [5, 5.41) is 0.616. The minimum absolute atomic E-state index is 0.137. The first-order valence-electron chi connectivity index (χ1n) is 6.19. The molecule has 1 heterocycles. The van der Waals surface area contributed by atoms with Gasteiger partial charge in [0.05, 0.1) is 11.6 Å². The lowest BCUT2D eigenvalue weighted by Crippen LogP contribution is -2.33. The van der Waals surface area contributed by atoms with E-state index >= 15 is 0 Å². The van der Waals surface area contributed by atoms with Crippen molar-refractivity contribution in [2.24, 2.45) is 0 Å². The summed E-state index contributed by atoms with van der Waals surface area (Å²) in [4.78, 5) is 27.1. The second-order valence-electron chi connectivity index (χ2n) is 4.10. The van der Waals surface area contributed by atoms with E-state index < -0.39 is 5.69 Å². The first-order valence-corrected chi connectivity index (χ1v) is 7.01. The summed E-state index contributed by atoms with van der Waals surface area (Å²) < 4.78 is 1.43. The number of hydrogen-bond donors (Lipinski definition) is 1. The van der Waals surface area contributed by atoms with Crippen LogP contribution in [0, 0.1) is 12.3 Å². The molecule has 0 saturated heterocycles. The Bertz CT molecular complexity index is 754. The molecule has 0 radical (unpaired) electrons. The fourth-order valence-corrected chi connectivity index (χ4v) is 2.99. The highest BCUT2D eigenvalue weighted by molar-refractivity contribution is 7.99. The Morgan fingerprint density at radius 1 is 1.30 bits per heavy atom. The summed E-state index contributed by atoms with van der Waals surface area (Å²) in [5.41, 5.74) is -0.235. The minimum Gasteiger partial charge on any atom is -0.276 e. The van der Waals surface area contributed by atoms with Crippen molar-refractivity contribution in [3.05, 3.63) is 56.7 Å². The molecule has 1 aromatic carbocycles. The third kappa shape index (κ3) is 2.86. The molecule has 0 aliphatic carbocycles. The number of hydrogen-bond acceptors (Lipinski definition) is 3. The molecule has 1 aromatic heterocycles. The van der Waals surface area contributed by atoms with E-state index in [4.69, 9.17) is 6.42 Å². The average molecular weight is 286 g/mol. The molecule has 0 aliphatic rings. The zero-order valence-corrected chi connectivity index (χ0v) is 11.9. The fourth-order valence-electron chi connectivity index (χ4n) is 1.86. The maximum atomic E-state index is 11.9. The van der Waals surface area contributed by atoms with Crippen molar-refractivity contribution in [2.75, 3.05) is 0 Å². The third-order valence-electron chi connectivity index (χ3n) is 2.80. The van der Waals surface area contributed by atoms with Crippen molar-refractivity contribution in [1.29, 1.82) is 0 Å². The van der Waals surface area contributed by atoms with Crippen LogP contribution in [-0.2, 0) is 13.0 Å². The van der Waals surface area contributed by atoms with Gasteiger partial charge in [-0.05, 0) is 18.6 Å². The van der Waals surface area contributed by atoms with Crippen LogP contribution in [0.25, 0.3) is 0 Å². The molecular formula is C15H14N2O2S. The van der Waals surface area contributed by atoms with E-state index in [0.29, 0.717) is 17.0 Å². The number of aromatic nitrogens is 2. The van der Waals surface area contributed by atoms with E-state index in [1.54, 1.807) is 0 Å². The average Bonchev–Trinajstić information content (AvgIpc) is 2.44. The third-order valence-corrected chi connectivity index (χ3v) is 3.97. The minimum atomic E-state index is -0.469. The Hall–Kier alpha value is -2.19. The van der Waals surface area contributed by atoms with Gasteiger partial charge < -0.3 is 0 Å². The summed E-state index contributed by atoms with van der Waals surface area (Å²) >= 11 is 1.38. The van der Waals surface area contributed by atoms with Crippen LogP contribution in [0.3, 0.4) is 0 Å². The van der Waals surface area contributed by atoms with Gasteiger partial charge in [-0.3, -0.25) is 14.3 Å². The van der Waals surface area contributed by atoms with Crippen molar-refractivity contribution in [1.82, 2.24) is 9.55 Å². The second-order valence-corrected chi connectivity index (χ2v) is 5.16. The van der Waals surface area contributed by atoms with Gasteiger partial charge in [-0.15, -0.1) is 6.42 Å². The quantitative estimate of drug-likeness (QED) is 0.690. The zero-order valence-electron chi connectivity index (χ0n) is 11.1. The summed E-state index contributed by atoms with van der Waals surface area (Å²) in [6.07, 6.45) is 5.85. The van der Waals surface area contributed by atoms with Crippen molar-refractivity contribution < 1.29 is 0 Å².